The summed E-state index contributed by atoms with van der Waals surface area (Å²) in [5, 5.41) is 0. The highest BCUT2D eigenvalue weighted by Crippen LogP contribution is 2.57. The number of phosphoric ester groups is 1. The number of fused-ring (bicyclic) bond motifs is 2. The summed E-state index contributed by atoms with van der Waals surface area (Å²) < 4.78 is 37.3. The fourth-order valence-corrected chi connectivity index (χ4v) is 5.68. The highest BCUT2D eigenvalue weighted by molar-refractivity contribution is 7.47. The quantitative estimate of drug-likeness (QED) is 0.642. The summed E-state index contributed by atoms with van der Waals surface area (Å²) in [4.78, 5) is 37.1. The predicted molar refractivity (Wildman–Crippen MR) is 113 cm³/mol. The Bertz CT molecular complexity index is 989. The SMILES string of the molecule is Cc1cn([C@@H]2O[C@@]3(CC(C)(C)C)CCO[C@@H]2[C@@H]3OP(=O)(O)OC(C)(C)C)c(=O)[nH]c1=O. The van der Waals surface area contributed by atoms with Crippen molar-refractivity contribution in [2.24, 2.45) is 5.41 Å². The van der Waals surface area contributed by atoms with Gasteiger partial charge in [0.25, 0.3) is 5.56 Å². The summed E-state index contributed by atoms with van der Waals surface area (Å²) in [5.41, 5.74) is -2.92. The monoisotopic (exact) mass is 460 g/mol. The zero-order chi connectivity index (χ0) is 23.4. The Morgan fingerprint density at radius 3 is 2.52 bits per heavy atom. The van der Waals surface area contributed by atoms with Crippen molar-refractivity contribution < 1.29 is 28.0 Å². The van der Waals surface area contributed by atoms with E-state index in [1.807, 2.05) is 20.8 Å². The number of H-pyrrole nitrogens is 1. The van der Waals surface area contributed by atoms with Crippen LogP contribution in [0, 0.1) is 12.3 Å². The normalized spacial score (nSPS) is 30.9. The molecule has 0 spiro atoms. The van der Waals surface area contributed by atoms with E-state index in [9.17, 15) is 19.0 Å². The molecule has 2 aliphatic heterocycles. The van der Waals surface area contributed by atoms with Gasteiger partial charge in [-0.3, -0.25) is 23.4 Å². The van der Waals surface area contributed by atoms with Gasteiger partial charge >= 0.3 is 13.5 Å². The van der Waals surface area contributed by atoms with Crippen molar-refractivity contribution >= 4 is 7.82 Å². The van der Waals surface area contributed by atoms with Gasteiger partial charge in [0.05, 0.1) is 12.2 Å². The van der Waals surface area contributed by atoms with Crippen LogP contribution in [0.2, 0.25) is 0 Å². The topological polar surface area (TPSA) is 129 Å². The van der Waals surface area contributed by atoms with E-state index >= 15 is 0 Å². The molecule has 1 aromatic heterocycles. The lowest BCUT2D eigenvalue weighted by molar-refractivity contribution is -0.138. The lowest BCUT2D eigenvalue weighted by atomic mass is 9.76. The van der Waals surface area contributed by atoms with E-state index in [0.29, 0.717) is 25.0 Å². The molecule has 1 unspecified atom stereocenters. The lowest BCUT2D eigenvalue weighted by Crippen LogP contribution is -2.52. The molecule has 3 heterocycles. The van der Waals surface area contributed by atoms with Crippen LogP contribution in [0.1, 0.15) is 66.2 Å². The smallest absolute Gasteiger partial charge is 0.371 e. The summed E-state index contributed by atoms with van der Waals surface area (Å²) in [5.74, 6) is 0. The molecule has 2 aliphatic rings. The van der Waals surface area contributed by atoms with Crippen molar-refractivity contribution in [2.75, 3.05) is 6.61 Å². The molecule has 0 amide bonds. The second-order valence-corrected chi connectivity index (χ2v) is 11.9. The highest BCUT2D eigenvalue weighted by Gasteiger charge is 2.62. The van der Waals surface area contributed by atoms with Crippen molar-refractivity contribution in [1.82, 2.24) is 9.55 Å². The van der Waals surface area contributed by atoms with Gasteiger partial charge in [0, 0.05) is 18.2 Å². The number of nitrogens with one attached hydrogen (secondary N) is 1. The molecule has 0 aromatic carbocycles. The first-order valence-electron chi connectivity index (χ1n) is 10.4. The highest BCUT2D eigenvalue weighted by atomic mass is 31.2. The maximum atomic E-state index is 12.8. The summed E-state index contributed by atoms with van der Waals surface area (Å²) in [6.07, 6.45) is -0.428. The molecule has 2 fully saturated rings. The Morgan fingerprint density at radius 2 is 1.94 bits per heavy atom. The van der Waals surface area contributed by atoms with Crippen LogP contribution in [0.4, 0.5) is 0 Å². The third-order valence-corrected chi connectivity index (χ3v) is 6.45. The number of ether oxygens (including phenoxy) is 2. The van der Waals surface area contributed by atoms with Gasteiger partial charge in [0.1, 0.15) is 17.8 Å². The number of rotatable bonds is 5. The summed E-state index contributed by atoms with van der Waals surface area (Å²) in [7, 11) is -4.48. The maximum absolute atomic E-state index is 12.8. The Morgan fingerprint density at radius 1 is 1.29 bits per heavy atom. The van der Waals surface area contributed by atoms with Crippen molar-refractivity contribution in [3.05, 3.63) is 32.6 Å². The fraction of sp³-hybridized carbons (Fsp3) is 0.800. The van der Waals surface area contributed by atoms with Gasteiger partial charge in [0.15, 0.2) is 6.23 Å². The molecule has 2 saturated heterocycles. The second kappa shape index (κ2) is 7.93. The molecule has 3 rings (SSSR count). The molecule has 10 nitrogen and oxygen atoms in total. The minimum absolute atomic E-state index is 0.214. The van der Waals surface area contributed by atoms with Crippen LogP contribution in [0.3, 0.4) is 0 Å². The van der Waals surface area contributed by atoms with Gasteiger partial charge in [-0.25, -0.2) is 9.36 Å². The average Bonchev–Trinajstić information content (AvgIpc) is 2.70. The molecule has 1 aromatic rings. The minimum atomic E-state index is -4.48. The molecule has 0 radical (unpaired) electrons. The van der Waals surface area contributed by atoms with Gasteiger partial charge < -0.3 is 14.4 Å². The Labute approximate surface area is 181 Å². The summed E-state index contributed by atoms with van der Waals surface area (Å²) in [6, 6.07) is 0. The first-order chi connectivity index (χ1) is 14.0. The Balaban J connectivity index is 2.05. The number of hydrogen-bond donors (Lipinski definition) is 2. The number of hydrogen-bond acceptors (Lipinski definition) is 7. The first-order valence-corrected chi connectivity index (χ1v) is 11.9. The van der Waals surface area contributed by atoms with Crippen LogP contribution in [-0.4, -0.2) is 44.5 Å². The van der Waals surface area contributed by atoms with Crippen LogP contribution >= 0.6 is 7.82 Å². The molecule has 0 saturated carbocycles. The van der Waals surface area contributed by atoms with Crippen molar-refractivity contribution in [1.29, 1.82) is 0 Å². The predicted octanol–water partition coefficient (Wildman–Crippen LogP) is 2.64. The van der Waals surface area contributed by atoms with Gasteiger partial charge in [0.2, 0.25) is 0 Å². The number of nitrogens with zero attached hydrogens (tertiary/aromatic N) is 1. The first kappa shape index (κ1) is 24.4. The average molecular weight is 460 g/mol. The lowest BCUT2D eigenvalue weighted by Gasteiger charge is -2.42. The molecule has 31 heavy (non-hydrogen) atoms. The molecular weight excluding hydrogens is 427 g/mol. The molecule has 2 N–H and O–H groups in total. The molecule has 5 atom stereocenters. The van der Waals surface area contributed by atoms with Crippen molar-refractivity contribution in [3.63, 3.8) is 0 Å². The van der Waals surface area contributed by atoms with Crippen LogP contribution < -0.4 is 11.2 Å². The minimum Gasteiger partial charge on any atom is -0.371 e. The molecule has 0 aliphatic carbocycles. The largest absolute Gasteiger partial charge is 0.473 e. The molecule has 176 valence electrons. The van der Waals surface area contributed by atoms with Gasteiger partial charge in [-0.2, -0.15) is 0 Å². The van der Waals surface area contributed by atoms with E-state index in [-0.39, 0.29) is 5.41 Å². The summed E-state index contributed by atoms with van der Waals surface area (Å²) >= 11 is 0. The molecular formula is C20H33N2O8P. The maximum Gasteiger partial charge on any atom is 0.473 e. The number of aryl methyl sites for hydroxylation is 1. The molecule has 2 bridgehead atoms. The zero-order valence-electron chi connectivity index (χ0n) is 19.1. The van der Waals surface area contributed by atoms with Crippen molar-refractivity contribution in [2.45, 2.75) is 90.9 Å². The standard InChI is InChI=1S/C20H33N2O8P/c1-12-10-22(17(24)21-15(12)23)16-13-14(29-31(25,26)30-19(5,6)7)20(28-16,8-9-27-13)11-18(2,3)4/h10,13-14,16H,8-9,11H2,1-7H3,(H,25,26)(H,21,23,24)/t13-,14+,16-,20-/m1/s1. The van der Waals surface area contributed by atoms with Gasteiger partial charge in [-0.05, 0) is 39.5 Å². The van der Waals surface area contributed by atoms with E-state index in [2.05, 4.69) is 4.98 Å². The Hall–Kier alpha value is -1.29. The third-order valence-electron chi connectivity index (χ3n) is 5.17. The molecule has 11 heteroatoms. The van der Waals surface area contributed by atoms with Crippen LogP contribution in [0.5, 0.6) is 0 Å². The van der Waals surface area contributed by atoms with E-state index < -0.39 is 48.7 Å². The van der Waals surface area contributed by atoms with E-state index in [4.69, 9.17) is 18.5 Å². The number of aromatic amines is 1. The zero-order valence-corrected chi connectivity index (χ0v) is 20.0. The Kier molecular flexibility index (Phi) is 6.23. The van der Waals surface area contributed by atoms with Crippen LogP contribution in [0.15, 0.2) is 15.8 Å². The van der Waals surface area contributed by atoms with E-state index in [1.54, 1.807) is 27.7 Å². The van der Waals surface area contributed by atoms with Crippen LogP contribution in [-0.2, 0) is 23.1 Å². The second-order valence-electron chi connectivity index (χ2n) is 10.6. The summed E-state index contributed by atoms with van der Waals surface area (Å²) in [6.45, 7) is 13.0. The van der Waals surface area contributed by atoms with E-state index in [0.717, 1.165) is 0 Å². The van der Waals surface area contributed by atoms with E-state index in [1.165, 1.54) is 10.8 Å². The van der Waals surface area contributed by atoms with Crippen LogP contribution in [0.25, 0.3) is 0 Å². The number of phosphoric acid groups is 1. The number of aromatic nitrogens is 2. The fourth-order valence-electron chi connectivity index (χ4n) is 4.35. The van der Waals surface area contributed by atoms with Gasteiger partial charge in [-0.15, -0.1) is 0 Å². The third kappa shape index (κ3) is 5.38. The van der Waals surface area contributed by atoms with Crippen molar-refractivity contribution in [3.8, 4) is 0 Å². The van der Waals surface area contributed by atoms with Gasteiger partial charge in [-0.1, -0.05) is 20.8 Å².